The molecule has 1 heterocycles. The molecule has 0 atom stereocenters. The molecule has 1 aromatic carbocycles. The normalized spacial score (nSPS) is 13.0. The summed E-state index contributed by atoms with van der Waals surface area (Å²) in [5.74, 6) is 0. The fraction of sp³-hybridized carbons (Fsp3) is 0.286. The van der Waals surface area contributed by atoms with Gasteiger partial charge >= 0.3 is 0 Å². The zero-order valence-electron chi connectivity index (χ0n) is 10.1. The van der Waals surface area contributed by atoms with E-state index in [0.717, 1.165) is 21.6 Å². The van der Waals surface area contributed by atoms with Crippen molar-refractivity contribution in [1.29, 1.82) is 5.26 Å². The largest absolute Gasteiger partial charge is 0.239 e. The summed E-state index contributed by atoms with van der Waals surface area (Å²) in [5, 5.41) is 10.1. The molecule has 1 aliphatic rings. The Hall–Kier alpha value is -1.18. The molecule has 4 heteroatoms. The molecule has 0 N–H and O–H groups in total. The van der Waals surface area contributed by atoms with Crippen LogP contribution in [0.3, 0.4) is 0 Å². The van der Waals surface area contributed by atoms with Crippen LogP contribution in [-0.2, 0) is 11.8 Å². The van der Waals surface area contributed by atoms with Crippen LogP contribution in [0.25, 0.3) is 11.3 Å². The Labute approximate surface area is 118 Å². The Morgan fingerprint density at radius 1 is 1.44 bits per heavy atom. The van der Waals surface area contributed by atoms with Crippen LogP contribution in [0.4, 0.5) is 0 Å². The van der Waals surface area contributed by atoms with E-state index >= 15 is 0 Å². The lowest BCUT2D eigenvalue weighted by Gasteiger charge is -2.10. The predicted molar refractivity (Wildman–Crippen MR) is 76.7 cm³/mol. The minimum atomic E-state index is -0.499. The van der Waals surface area contributed by atoms with Crippen LogP contribution in [0.5, 0.6) is 0 Å². The summed E-state index contributed by atoms with van der Waals surface area (Å²) in [5.41, 5.74) is 3.08. The molecular weight excluding hydrogens is 308 g/mol. The van der Waals surface area contributed by atoms with Gasteiger partial charge < -0.3 is 0 Å². The highest BCUT2D eigenvalue weighted by molar-refractivity contribution is 9.10. The van der Waals surface area contributed by atoms with Crippen molar-refractivity contribution in [2.75, 3.05) is 0 Å². The SMILES string of the molecule is CC(C)(C#N)c1nc2c(s1)Cc1c(Br)cccc1-2. The first-order chi connectivity index (χ1) is 8.53. The topological polar surface area (TPSA) is 36.7 Å². The van der Waals surface area contributed by atoms with Gasteiger partial charge in [0.15, 0.2) is 0 Å². The molecule has 0 unspecified atom stereocenters. The van der Waals surface area contributed by atoms with E-state index in [0.29, 0.717) is 0 Å². The fourth-order valence-corrected chi connectivity index (χ4v) is 3.76. The molecule has 18 heavy (non-hydrogen) atoms. The third-order valence-corrected chi connectivity index (χ3v) is 5.34. The summed E-state index contributed by atoms with van der Waals surface area (Å²) in [4.78, 5) is 5.96. The van der Waals surface area contributed by atoms with Crippen molar-refractivity contribution in [3.63, 3.8) is 0 Å². The molecule has 1 aliphatic carbocycles. The fourth-order valence-electron chi connectivity index (χ4n) is 2.12. The number of hydrogen-bond donors (Lipinski definition) is 0. The van der Waals surface area contributed by atoms with E-state index in [9.17, 15) is 5.26 Å². The minimum absolute atomic E-state index is 0.499. The Morgan fingerprint density at radius 2 is 2.22 bits per heavy atom. The quantitative estimate of drug-likeness (QED) is 0.671. The van der Waals surface area contributed by atoms with Crippen molar-refractivity contribution >= 4 is 27.3 Å². The van der Waals surface area contributed by atoms with Gasteiger partial charge in [0.2, 0.25) is 0 Å². The molecule has 0 aliphatic heterocycles. The number of benzene rings is 1. The van der Waals surface area contributed by atoms with Gasteiger partial charge in [-0.3, -0.25) is 0 Å². The minimum Gasteiger partial charge on any atom is -0.239 e. The average molecular weight is 319 g/mol. The molecule has 2 aromatic rings. The van der Waals surface area contributed by atoms with E-state index < -0.39 is 5.41 Å². The maximum Gasteiger partial charge on any atom is 0.113 e. The number of fused-ring (bicyclic) bond motifs is 3. The molecule has 0 saturated carbocycles. The van der Waals surface area contributed by atoms with Crippen molar-refractivity contribution in [2.45, 2.75) is 25.7 Å². The van der Waals surface area contributed by atoms with E-state index in [1.54, 1.807) is 11.3 Å². The number of halogens is 1. The lowest BCUT2D eigenvalue weighted by Crippen LogP contribution is -2.13. The van der Waals surface area contributed by atoms with E-state index in [-0.39, 0.29) is 0 Å². The second kappa shape index (κ2) is 3.91. The molecule has 0 amide bonds. The summed E-state index contributed by atoms with van der Waals surface area (Å²) < 4.78 is 1.14. The van der Waals surface area contributed by atoms with E-state index in [4.69, 9.17) is 4.98 Å². The molecule has 0 fully saturated rings. The number of aromatic nitrogens is 1. The van der Waals surface area contributed by atoms with Crippen LogP contribution in [0.1, 0.15) is 29.3 Å². The smallest absolute Gasteiger partial charge is 0.113 e. The van der Waals surface area contributed by atoms with Crippen molar-refractivity contribution in [3.8, 4) is 17.3 Å². The highest BCUT2D eigenvalue weighted by Crippen LogP contribution is 2.44. The summed E-state index contributed by atoms with van der Waals surface area (Å²) in [6.45, 7) is 3.84. The number of rotatable bonds is 1. The highest BCUT2D eigenvalue weighted by atomic mass is 79.9. The zero-order chi connectivity index (χ0) is 12.9. The third-order valence-electron chi connectivity index (χ3n) is 3.22. The van der Waals surface area contributed by atoms with Gasteiger partial charge in [0.1, 0.15) is 10.4 Å². The molecule has 3 rings (SSSR count). The van der Waals surface area contributed by atoms with Gasteiger partial charge in [-0.2, -0.15) is 5.26 Å². The molecule has 0 bridgehead atoms. The second-order valence-electron chi connectivity index (χ2n) is 4.97. The number of hydrogen-bond acceptors (Lipinski definition) is 3. The first-order valence-corrected chi connectivity index (χ1v) is 7.33. The summed E-state index contributed by atoms with van der Waals surface area (Å²) in [7, 11) is 0. The molecule has 0 saturated heterocycles. The van der Waals surface area contributed by atoms with Crippen LogP contribution >= 0.6 is 27.3 Å². The Bertz CT molecular complexity index is 680. The standard InChI is InChI=1S/C14H11BrN2S/c1-14(2,7-16)13-17-12-8-4-3-5-10(15)9(8)6-11(12)18-13/h3-5H,6H2,1-2H3. The lowest BCUT2D eigenvalue weighted by molar-refractivity contribution is 0.680. The molecule has 0 radical (unpaired) electrons. The van der Waals surface area contributed by atoms with E-state index in [2.05, 4.69) is 34.1 Å². The Kier molecular flexibility index (Phi) is 2.58. The van der Waals surface area contributed by atoms with Crippen molar-refractivity contribution in [3.05, 3.63) is 38.1 Å². The lowest BCUT2D eigenvalue weighted by atomic mass is 9.97. The molecule has 1 aromatic heterocycles. The van der Waals surface area contributed by atoms with Gasteiger partial charge in [-0.25, -0.2) is 4.98 Å². The average Bonchev–Trinajstić information content (AvgIpc) is 2.88. The number of thiazole rings is 1. The maximum atomic E-state index is 9.19. The third kappa shape index (κ3) is 1.62. The maximum absolute atomic E-state index is 9.19. The first kappa shape index (κ1) is 11.9. The first-order valence-electron chi connectivity index (χ1n) is 5.72. The van der Waals surface area contributed by atoms with Crippen LogP contribution in [0.2, 0.25) is 0 Å². The number of nitriles is 1. The molecular formula is C14H11BrN2S. The highest BCUT2D eigenvalue weighted by Gasteiger charge is 2.30. The summed E-state index contributed by atoms with van der Waals surface area (Å²) in [6.07, 6.45) is 0.922. The molecule has 90 valence electrons. The van der Waals surface area contributed by atoms with Gasteiger partial charge in [-0.05, 0) is 25.5 Å². The van der Waals surface area contributed by atoms with Gasteiger partial charge in [-0.1, -0.05) is 28.1 Å². The molecule has 2 nitrogen and oxygen atoms in total. The van der Waals surface area contributed by atoms with Crippen molar-refractivity contribution in [1.82, 2.24) is 4.98 Å². The van der Waals surface area contributed by atoms with Crippen LogP contribution in [0.15, 0.2) is 22.7 Å². The number of nitrogens with zero attached hydrogens (tertiary/aromatic N) is 2. The Morgan fingerprint density at radius 3 is 2.94 bits per heavy atom. The van der Waals surface area contributed by atoms with Gasteiger partial charge in [0.25, 0.3) is 0 Å². The van der Waals surface area contributed by atoms with Crippen molar-refractivity contribution in [2.24, 2.45) is 0 Å². The predicted octanol–water partition coefficient (Wildman–Crippen LogP) is 4.28. The summed E-state index contributed by atoms with van der Waals surface area (Å²) >= 11 is 5.25. The Balaban J connectivity index is 2.15. The zero-order valence-corrected chi connectivity index (χ0v) is 12.5. The second-order valence-corrected chi connectivity index (χ2v) is 6.91. The molecule has 0 spiro atoms. The van der Waals surface area contributed by atoms with Crippen LogP contribution in [-0.4, -0.2) is 4.98 Å². The van der Waals surface area contributed by atoms with Crippen molar-refractivity contribution < 1.29 is 0 Å². The van der Waals surface area contributed by atoms with Gasteiger partial charge in [0.05, 0.1) is 11.8 Å². The van der Waals surface area contributed by atoms with Crippen LogP contribution in [0, 0.1) is 11.3 Å². The summed E-state index contributed by atoms with van der Waals surface area (Å²) in [6, 6.07) is 8.53. The van der Waals surface area contributed by atoms with Gasteiger partial charge in [0, 0.05) is 21.3 Å². The monoisotopic (exact) mass is 318 g/mol. The van der Waals surface area contributed by atoms with Crippen LogP contribution < -0.4 is 0 Å². The van der Waals surface area contributed by atoms with E-state index in [1.165, 1.54) is 16.0 Å². The van der Waals surface area contributed by atoms with E-state index in [1.807, 2.05) is 19.9 Å². The van der Waals surface area contributed by atoms with Gasteiger partial charge in [-0.15, -0.1) is 11.3 Å².